The molecule has 3 aromatic rings. The highest BCUT2D eigenvalue weighted by molar-refractivity contribution is 8.02. The fourth-order valence-corrected chi connectivity index (χ4v) is 9.83. The normalized spacial score (nSPS) is 29.5. The van der Waals surface area contributed by atoms with E-state index in [-0.39, 0.29) is 48.1 Å². The Kier molecular flexibility index (Phi) is 7.74. The number of aromatic nitrogens is 3. The fourth-order valence-electron chi connectivity index (χ4n) is 7.42. The predicted molar refractivity (Wildman–Crippen MR) is 160 cm³/mol. The molecule has 42 heavy (non-hydrogen) atoms. The number of nitrogens with zero attached hydrogens (tertiary/aromatic N) is 4. The molecule has 3 saturated heterocycles. The molecule has 0 saturated carbocycles. The highest BCUT2D eigenvalue weighted by Gasteiger charge is 2.76. The highest BCUT2D eigenvalue weighted by Crippen LogP contribution is 2.68. The minimum Gasteiger partial charge on any atom is -0.394 e. The maximum atomic E-state index is 14.5. The topological polar surface area (TPSA) is 129 Å². The van der Waals surface area contributed by atoms with Gasteiger partial charge >= 0.3 is 0 Å². The van der Waals surface area contributed by atoms with Crippen LogP contribution in [0.25, 0.3) is 11.0 Å². The number of benzene rings is 2. The largest absolute Gasteiger partial charge is 0.394 e. The lowest BCUT2D eigenvalue weighted by Gasteiger charge is -2.41. The van der Waals surface area contributed by atoms with Crippen molar-refractivity contribution in [1.29, 1.82) is 0 Å². The molecule has 1 spiro atoms. The van der Waals surface area contributed by atoms with Gasteiger partial charge in [0.2, 0.25) is 17.7 Å². The average molecular weight is 591 g/mol. The molecule has 3 N–H and O–H groups in total. The summed E-state index contributed by atoms with van der Waals surface area (Å²) >= 11 is 1.63. The second-order valence-corrected chi connectivity index (χ2v) is 13.5. The molecule has 3 fully saturated rings. The summed E-state index contributed by atoms with van der Waals surface area (Å²) in [6, 6.07) is 15.9. The minimum atomic E-state index is -0.826. The van der Waals surface area contributed by atoms with Crippen LogP contribution < -0.4 is 10.6 Å². The molecule has 2 bridgehead atoms. The van der Waals surface area contributed by atoms with Crippen molar-refractivity contribution in [2.75, 3.05) is 6.61 Å². The van der Waals surface area contributed by atoms with Crippen LogP contribution in [0.2, 0.25) is 0 Å². The van der Waals surface area contributed by atoms with Crippen molar-refractivity contribution >= 4 is 40.5 Å². The number of para-hydroxylation sites is 1. The maximum Gasteiger partial charge on any atom is 0.245 e. The van der Waals surface area contributed by atoms with Gasteiger partial charge in [-0.05, 0) is 36.0 Å². The van der Waals surface area contributed by atoms with Crippen molar-refractivity contribution in [1.82, 2.24) is 30.5 Å². The summed E-state index contributed by atoms with van der Waals surface area (Å²) in [6.45, 7) is 6.32. The van der Waals surface area contributed by atoms with Crippen molar-refractivity contribution in [3.63, 3.8) is 0 Å². The second kappa shape index (κ2) is 11.3. The number of carbonyl (C=O) groups is 3. The zero-order valence-electron chi connectivity index (χ0n) is 24.1. The molecule has 2 aromatic carbocycles. The first-order valence-electron chi connectivity index (χ1n) is 14.8. The number of rotatable bonds is 10. The third-order valence-electron chi connectivity index (χ3n) is 9.71. The molecule has 8 atom stereocenters. The molecular formula is C31H38N6O4S. The zero-order chi connectivity index (χ0) is 29.6. The van der Waals surface area contributed by atoms with Crippen LogP contribution in [0.4, 0.5) is 0 Å². The lowest BCUT2D eigenvalue weighted by atomic mass is 9.66. The number of carbonyl (C=O) groups excluding carboxylic acids is 3. The summed E-state index contributed by atoms with van der Waals surface area (Å²) in [4.78, 5) is 44.1. The molecule has 3 aliphatic heterocycles. The smallest absolute Gasteiger partial charge is 0.245 e. The molecule has 3 amide bonds. The van der Waals surface area contributed by atoms with Gasteiger partial charge in [0, 0.05) is 11.8 Å². The van der Waals surface area contributed by atoms with Crippen LogP contribution in [0.1, 0.15) is 39.2 Å². The van der Waals surface area contributed by atoms with Gasteiger partial charge in [-0.3, -0.25) is 14.4 Å². The Morgan fingerprint density at radius 2 is 1.86 bits per heavy atom. The number of aliphatic hydroxyl groups is 1. The molecule has 0 aliphatic carbocycles. The summed E-state index contributed by atoms with van der Waals surface area (Å²) in [5.41, 5.74) is 2.50. The number of fused-ring (bicyclic) bond motifs is 2. The molecule has 6 rings (SSSR count). The molecule has 4 heterocycles. The Morgan fingerprint density at radius 3 is 2.60 bits per heavy atom. The molecule has 10 nitrogen and oxygen atoms in total. The Labute approximate surface area is 249 Å². The Bertz CT molecular complexity index is 1480. The summed E-state index contributed by atoms with van der Waals surface area (Å²) in [5.74, 6) is -1.84. The lowest BCUT2D eigenvalue weighted by molar-refractivity contribution is -0.144. The van der Waals surface area contributed by atoms with E-state index in [1.807, 2.05) is 68.4 Å². The quantitative estimate of drug-likeness (QED) is 0.331. The van der Waals surface area contributed by atoms with Gasteiger partial charge in [0.25, 0.3) is 0 Å². The van der Waals surface area contributed by atoms with E-state index in [9.17, 15) is 19.5 Å². The van der Waals surface area contributed by atoms with Crippen LogP contribution in [-0.4, -0.2) is 71.4 Å². The van der Waals surface area contributed by atoms with Gasteiger partial charge in [-0.1, -0.05) is 74.9 Å². The molecular weight excluding hydrogens is 552 g/mol. The van der Waals surface area contributed by atoms with E-state index < -0.39 is 28.7 Å². The van der Waals surface area contributed by atoms with Crippen molar-refractivity contribution in [2.24, 2.45) is 23.7 Å². The van der Waals surface area contributed by atoms with Crippen LogP contribution in [0.5, 0.6) is 0 Å². The number of aliphatic hydroxyl groups excluding tert-OH is 1. The number of thioether (sulfide) groups is 1. The van der Waals surface area contributed by atoms with Crippen LogP contribution in [0, 0.1) is 23.7 Å². The fraction of sp³-hybridized carbons (Fsp3) is 0.516. The summed E-state index contributed by atoms with van der Waals surface area (Å²) in [5, 5.41) is 25.0. The van der Waals surface area contributed by atoms with Crippen LogP contribution in [0.15, 0.2) is 54.6 Å². The molecule has 222 valence electrons. The first-order chi connectivity index (χ1) is 20.3. The van der Waals surface area contributed by atoms with Crippen LogP contribution >= 0.6 is 11.8 Å². The van der Waals surface area contributed by atoms with Gasteiger partial charge < -0.3 is 20.6 Å². The number of hydrogen-bond acceptors (Lipinski definition) is 7. The maximum absolute atomic E-state index is 14.5. The Morgan fingerprint density at radius 1 is 1.12 bits per heavy atom. The van der Waals surface area contributed by atoms with E-state index in [2.05, 4.69) is 27.9 Å². The number of likely N-dealkylation sites (tertiary alicyclic amines) is 1. The second-order valence-electron chi connectivity index (χ2n) is 11.9. The number of hydrogen-bond donors (Lipinski definition) is 3. The Balaban J connectivity index is 1.32. The van der Waals surface area contributed by atoms with E-state index in [1.54, 1.807) is 21.3 Å². The molecule has 11 heteroatoms. The van der Waals surface area contributed by atoms with Gasteiger partial charge in [0.15, 0.2) is 0 Å². The van der Waals surface area contributed by atoms with E-state index in [1.165, 1.54) is 0 Å². The highest BCUT2D eigenvalue weighted by atomic mass is 32.2. The minimum absolute atomic E-state index is 0.0313. The summed E-state index contributed by atoms with van der Waals surface area (Å²) in [7, 11) is 0. The van der Waals surface area contributed by atoms with E-state index >= 15 is 0 Å². The van der Waals surface area contributed by atoms with E-state index in [0.717, 1.165) is 29.4 Å². The van der Waals surface area contributed by atoms with Crippen molar-refractivity contribution in [3.05, 3.63) is 60.2 Å². The predicted octanol–water partition coefficient (Wildman–Crippen LogP) is 2.57. The van der Waals surface area contributed by atoms with Gasteiger partial charge in [-0.15, -0.1) is 16.9 Å². The molecule has 3 aliphatic rings. The van der Waals surface area contributed by atoms with Crippen molar-refractivity contribution in [2.45, 2.75) is 68.9 Å². The third kappa shape index (κ3) is 4.48. The van der Waals surface area contributed by atoms with Gasteiger partial charge in [0.1, 0.15) is 18.2 Å². The number of amides is 3. The van der Waals surface area contributed by atoms with Gasteiger partial charge in [0.05, 0.1) is 34.7 Å². The zero-order valence-corrected chi connectivity index (χ0v) is 25.0. The first-order valence-corrected chi connectivity index (χ1v) is 15.7. The average Bonchev–Trinajstić information content (AvgIpc) is 3.73. The van der Waals surface area contributed by atoms with Gasteiger partial charge in [-0.2, -0.15) is 0 Å². The van der Waals surface area contributed by atoms with Crippen LogP contribution in [-0.2, 0) is 27.6 Å². The van der Waals surface area contributed by atoms with Gasteiger partial charge in [-0.25, -0.2) is 4.68 Å². The summed E-state index contributed by atoms with van der Waals surface area (Å²) in [6.07, 6.45) is 1.48. The van der Waals surface area contributed by atoms with Crippen LogP contribution in [0.3, 0.4) is 0 Å². The van der Waals surface area contributed by atoms with Crippen molar-refractivity contribution < 1.29 is 19.5 Å². The summed E-state index contributed by atoms with van der Waals surface area (Å²) < 4.78 is 0.857. The molecule has 1 aromatic heterocycles. The molecule has 0 radical (unpaired) electrons. The lowest BCUT2D eigenvalue weighted by Crippen LogP contribution is -2.59. The van der Waals surface area contributed by atoms with E-state index in [0.29, 0.717) is 6.54 Å². The molecule has 3 unspecified atom stereocenters. The standard InChI is InChI=1S/C31H38N6O4S/c1-4-18(2)23(16-38)37-27(29(40)33-17-36-22-13-9-8-12-21(22)34-35-36)31-19(3)14-24(42-31)25(26(31)30(37)41)28(39)32-15-20-10-6-5-7-11-20/h5-13,18-19,23-27,38H,4,14-17H2,1-3H3,(H,32,39)(H,33,40)/t18-,19?,23-,24-,25+,26-,27?,31?/m0/s1. The Hall–Kier alpha value is -3.44. The van der Waals surface area contributed by atoms with E-state index in [4.69, 9.17) is 0 Å². The monoisotopic (exact) mass is 590 g/mol. The third-order valence-corrected chi connectivity index (χ3v) is 11.8. The first kappa shape index (κ1) is 28.7. The van der Waals surface area contributed by atoms with Crippen molar-refractivity contribution in [3.8, 4) is 0 Å². The number of nitrogens with one attached hydrogen (secondary N) is 2. The SMILES string of the molecule is CC[C@H](C)[C@H](CO)N1C(=O)[C@@H]2[C@H](C(=O)NCc3ccccc3)[C@@H]3CC(C)C2(S3)C1C(=O)NCn1nnc2ccccc21.